The van der Waals surface area contributed by atoms with Crippen molar-refractivity contribution in [1.82, 2.24) is 20.3 Å². The van der Waals surface area contributed by atoms with Crippen molar-refractivity contribution in [2.45, 2.75) is 0 Å². The van der Waals surface area contributed by atoms with E-state index in [2.05, 4.69) is 30.5 Å². The largest absolute Gasteiger partial charge is 0.354 e. The first-order valence-corrected chi connectivity index (χ1v) is 8.96. The molecule has 1 fully saturated rings. The molecule has 0 radical (unpaired) electrons. The van der Waals surface area contributed by atoms with Crippen LogP contribution >= 0.6 is 0 Å². The molecule has 9 nitrogen and oxygen atoms in total. The molecule has 2 aromatic heterocycles. The van der Waals surface area contributed by atoms with Gasteiger partial charge in [0.15, 0.2) is 0 Å². The van der Waals surface area contributed by atoms with Crippen molar-refractivity contribution in [2.24, 2.45) is 0 Å². The number of piperazine rings is 1. The lowest BCUT2D eigenvalue weighted by Crippen LogP contribution is -2.43. The van der Waals surface area contributed by atoms with E-state index in [4.69, 9.17) is 0 Å². The summed E-state index contributed by atoms with van der Waals surface area (Å²) in [5, 5.41) is 17.3. The maximum absolute atomic E-state index is 10.9. The van der Waals surface area contributed by atoms with Gasteiger partial charge in [0.05, 0.1) is 10.6 Å². The Bertz CT molecular complexity index is 972. The quantitative estimate of drug-likeness (QED) is 0.516. The number of rotatable bonds is 5. The molecule has 142 valence electrons. The van der Waals surface area contributed by atoms with Crippen molar-refractivity contribution < 1.29 is 4.92 Å². The van der Waals surface area contributed by atoms with Gasteiger partial charge in [-0.2, -0.15) is 0 Å². The minimum Gasteiger partial charge on any atom is -0.354 e. The van der Waals surface area contributed by atoms with E-state index in [1.54, 1.807) is 30.6 Å². The molecule has 1 aliphatic rings. The van der Waals surface area contributed by atoms with Gasteiger partial charge in [0.2, 0.25) is 5.95 Å². The van der Waals surface area contributed by atoms with Crippen LogP contribution in [0.15, 0.2) is 54.9 Å². The number of nitrogens with one attached hydrogen (secondary N) is 2. The Hall–Kier alpha value is -3.59. The molecule has 28 heavy (non-hydrogen) atoms. The highest BCUT2D eigenvalue weighted by molar-refractivity contribution is 5.63. The van der Waals surface area contributed by atoms with E-state index in [1.165, 1.54) is 12.1 Å². The summed E-state index contributed by atoms with van der Waals surface area (Å²) in [4.78, 5) is 26.0. The second-order valence-electron chi connectivity index (χ2n) is 6.34. The number of nitro benzene ring substituents is 1. The summed E-state index contributed by atoms with van der Waals surface area (Å²) in [6.07, 6.45) is 3.45. The van der Waals surface area contributed by atoms with Crippen molar-refractivity contribution in [3.63, 3.8) is 0 Å². The molecule has 4 rings (SSSR count). The fourth-order valence-corrected chi connectivity index (χ4v) is 3.02. The van der Waals surface area contributed by atoms with Gasteiger partial charge in [-0.15, -0.1) is 0 Å². The number of hydrogen-bond acceptors (Lipinski definition) is 8. The van der Waals surface area contributed by atoms with E-state index >= 15 is 0 Å². The maximum Gasteiger partial charge on any atom is 0.271 e. The first-order chi connectivity index (χ1) is 13.7. The second-order valence-corrected chi connectivity index (χ2v) is 6.34. The van der Waals surface area contributed by atoms with Gasteiger partial charge in [0.25, 0.3) is 5.69 Å². The Morgan fingerprint density at radius 1 is 1.11 bits per heavy atom. The molecule has 0 saturated carbocycles. The van der Waals surface area contributed by atoms with E-state index in [1.807, 2.05) is 12.1 Å². The van der Waals surface area contributed by atoms with Gasteiger partial charge in [-0.1, -0.05) is 6.07 Å². The highest BCUT2D eigenvalue weighted by atomic mass is 16.6. The Labute approximate surface area is 161 Å². The minimum atomic E-state index is -0.436. The van der Waals surface area contributed by atoms with Crippen molar-refractivity contribution in [3.05, 3.63) is 65.0 Å². The summed E-state index contributed by atoms with van der Waals surface area (Å²) >= 11 is 0. The summed E-state index contributed by atoms with van der Waals surface area (Å²) in [7, 11) is 0. The topological polar surface area (TPSA) is 109 Å². The molecule has 0 amide bonds. The van der Waals surface area contributed by atoms with E-state index < -0.39 is 4.92 Å². The van der Waals surface area contributed by atoms with E-state index in [9.17, 15) is 10.1 Å². The first-order valence-electron chi connectivity index (χ1n) is 8.96. The van der Waals surface area contributed by atoms with Crippen LogP contribution in [0.1, 0.15) is 0 Å². The Morgan fingerprint density at radius 3 is 2.71 bits per heavy atom. The normalized spacial score (nSPS) is 13.9. The standard InChI is InChI=1S/C19H19N7O2/c27-26(28)16-3-1-2-15(12-16)23-19-21-7-6-17(24-19)14-4-5-18(22-13-14)25-10-8-20-9-11-25/h1-7,12-13,20H,8-11H2,(H,21,23,24). The molecule has 0 aliphatic carbocycles. The maximum atomic E-state index is 10.9. The van der Waals surface area contributed by atoms with Gasteiger partial charge < -0.3 is 15.5 Å². The summed E-state index contributed by atoms with van der Waals surface area (Å²) in [5.74, 6) is 1.32. The van der Waals surface area contributed by atoms with Crippen LogP contribution in [0.3, 0.4) is 0 Å². The second kappa shape index (κ2) is 7.97. The van der Waals surface area contributed by atoms with E-state index in [0.29, 0.717) is 11.6 Å². The Kier molecular flexibility index (Phi) is 5.07. The highest BCUT2D eigenvalue weighted by Crippen LogP contribution is 2.23. The van der Waals surface area contributed by atoms with Crippen molar-refractivity contribution in [3.8, 4) is 11.3 Å². The zero-order valence-corrected chi connectivity index (χ0v) is 15.1. The Balaban J connectivity index is 1.52. The summed E-state index contributed by atoms with van der Waals surface area (Å²) in [5.41, 5.74) is 2.16. The van der Waals surface area contributed by atoms with Crippen LogP contribution < -0.4 is 15.5 Å². The summed E-state index contributed by atoms with van der Waals surface area (Å²) in [6.45, 7) is 3.80. The minimum absolute atomic E-state index is 0.00820. The van der Waals surface area contributed by atoms with Crippen LogP contribution in [0.5, 0.6) is 0 Å². The number of non-ortho nitro benzene ring substituents is 1. The third-order valence-electron chi connectivity index (χ3n) is 4.45. The van der Waals surface area contributed by atoms with Gasteiger partial charge >= 0.3 is 0 Å². The zero-order valence-electron chi connectivity index (χ0n) is 15.1. The van der Waals surface area contributed by atoms with Crippen LogP contribution in [0, 0.1) is 10.1 Å². The van der Waals surface area contributed by atoms with Crippen LogP contribution in [-0.4, -0.2) is 46.1 Å². The molecule has 3 aromatic rings. The zero-order chi connectivity index (χ0) is 19.3. The lowest BCUT2D eigenvalue weighted by Gasteiger charge is -2.28. The predicted octanol–water partition coefficient (Wildman–Crippen LogP) is 2.60. The number of nitro groups is 1. The molecule has 1 saturated heterocycles. The number of aromatic nitrogens is 3. The first kappa shape index (κ1) is 17.8. The number of anilines is 3. The van der Waals surface area contributed by atoms with E-state index in [0.717, 1.165) is 43.3 Å². The molecule has 0 bridgehead atoms. The van der Waals surface area contributed by atoms with Gasteiger partial charge in [0, 0.05) is 62.0 Å². The van der Waals surface area contributed by atoms with Crippen molar-refractivity contribution in [1.29, 1.82) is 0 Å². The molecule has 9 heteroatoms. The average molecular weight is 377 g/mol. The average Bonchev–Trinajstić information content (AvgIpc) is 2.75. The number of hydrogen-bond donors (Lipinski definition) is 2. The third-order valence-corrected chi connectivity index (χ3v) is 4.45. The van der Waals surface area contributed by atoms with Crippen molar-refractivity contribution >= 4 is 23.1 Å². The Morgan fingerprint density at radius 2 is 1.96 bits per heavy atom. The molecular weight excluding hydrogens is 358 g/mol. The van der Waals surface area contributed by atoms with Gasteiger partial charge in [-0.05, 0) is 24.3 Å². The molecular formula is C19H19N7O2. The van der Waals surface area contributed by atoms with Crippen LogP contribution in [0.25, 0.3) is 11.3 Å². The lowest BCUT2D eigenvalue weighted by atomic mass is 10.2. The molecule has 2 N–H and O–H groups in total. The SMILES string of the molecule is O=[N+]([O-])c1cccc(Nc2nccc(-c3ccc(N4CCNCC4)nc3)n2)c1. The van der Waals surface area contributed by atoms with Gasteiger partial charge in [-0.3, -0.25) is 10.1 Å². The smallest absolute Gasteiger partial charge is 0.271 e. The molecule has 1 aromatic carbocycles. The van der Waals surface area contributed by atoms with Gasteiger partial charge in [0.1, 0.15) is 5.82 Å². The van der Waals surface area contributed by atoms with Gasteiger partial charge in [-0.25, -0.2) is 15.0 Å². The molecule has 0 spiro atoms. The van der Waals surface area contributed by atoms with Crippen LogP contribution in [-0.2, 0) is 0 Å². The summed E-state index contributed by atoms with van der Waals surface area (Å²) < 4.78 is 0. The lowest BCUT2D eigenvalue weighted by molar-refractivity contribution is -0.384. The van der Waals surface area contributed by atoms with Crippen LogP contribution in [0.4, 0.5) is 23.1 Å². The molecule has 0 unspecified atom stereocenters. The number of nitrogens with zero attached hydrogens (tertiary/aromatic N) is 5. The molecule has 1 aliphatic heterocycles. The predicted molar refractivity (Wildman–Crippen MR) is 107 cm³/mol. The number of benzene rings is 1. The summed E-state index contributed by atoms with van der Waals surface area (Å²) in [6, 6.07) is 12.0. The van der Waals surface area contributed by atoms with Crippen LogP contribution in [0.2, 0.25) is 0 Å². The van der Waals surface area contributed by atoms with E-state index in [-0.39, 0.29) is 5.69 Å². The highest BCUT2D eigenvalue weighted by Gasteiger charge is 2.12. The fraction of sp³-hybridized carbons (Fsp3) is 0.211. The number of pyridine rings is 1. The molecule has 3 heterocycles. The molecule has 0 atom stereocenters. The van der Waals surface area contributed by atoms with Crippen molar-refractivity contribution in [2.75, 3.05) is 36.4 Å². The third kappa shape index (κ3) is 4.04. The monoisotopic (exact) mass is 377 g/mol. The fourth-order valence-electron chi connectivity index (χ4n) is 3.02.